The van der Waals surface area contributed by atoms with Gasteiger partial charge in [-0.25, -0.2) is 4.99 Å². The number of hydrogen-bond donors (Lipinski definition) is 4. The lowest BCUT2D eigenvalue weighted by Gasteiger charge is -2.06. The summed E-state index contributed by atoms with van der Waals surface area (Å²) in [7, 11) is 0. The van der Waals surface area contributed by atoms with Crippen LogP contribution >= 0.6 is 0 Å². The number of nitrogens with one attached hydrogen (secondary N) is 1. The second kappa shape index (κ2) is 13.8. The number of amides is 1. The van der Waals surface area contributed by atoms with Crippen LogP contribution in [0.15, 0.2) is 33.0 Å². The summed E-state index contributed by atoms with van der Waals surface area (Å²) in [5.74, 6) is 5.60. The largest absolute Gasteiger partial charge is 0.397 e. The van der Waals surface area contributed by atoms with Gasteiger partial charge in [0.05, 0.1) is 25.0 Å². The molecule has 0 saturated heterocycles. The van der Waals surface area contributed by atoms with Crippen LogP contribution in [0.2, 0.25) is 0 Å². The molecular weight excluding hydrogens is 316 g/mol. The normalized spacial score (nSPS) is 13.8. The van der Waals surface area contributed by atoms with E-state index in [4.69, 9.17) is 17.2 Å². The lowest BCUT2D eigenvalue weighted by molar-refractivity contribution is -0.117. The third-order valence-corrected chi connectivity index (χ3v) is 2.70. The summed E-state index contributed by atoms with van der Waals surface area (Å²) < 4.78 is 0. The molecule has 0 spiro atoms. The van der Waals surface area contributed by atoms with E-state index in [0.717, 1.165) is 6.42 Å². The molecule has 0 unspecified atom stereocenters. The molecule has 0 aliphatic carbocycles. The molecule has 1 aliphatic rings. The number of carbonyl (C=O) groups excluding carboxylic acids is 1. The molecule has 1 rings (SSSR count). The van der Waals surface area contributed by atoms with Crippen molar-refractivity contribution in [3.8, 4) is 11.8 Å². The third kappa shape index (κ3) is 9.99. The third-order valence-electron chi connectivity index (χ3n) is 2.70. The van der Waals surface area contributed by atoms with Gasteiger partial charge in [-0.3, -0.25) is 9.79 Å². The van der Waals surface area contributed by atoms with E-state index in [2.05, 4.69) is 41.0 Å². The summed E-state index contributed by atoms with van der Waals surface area (Å²) in [4.78, 5) is 20.3. The van der Waals surface area contributed by atoms with Gasteiger partial charge in [0.2, 0.25) is 5.91 Å². The van der Waals surface area contributed by atoms with Crippen molar-refractivity contribution >= 4 is 18.0 Å². The maximum absolute atomic E-state index is 12.0. The highest BCUT2D eigenvalue weighted by Crippen LogP contribution is 2.13. The maximum atomic E-state index is 12.0. The molecule has 25 heavy (non-hydrogen) atoms. The molecule has 1 aliphatic heterocycles. The van der Waals surface area contributed by atoms with Crippen molar-refractivity contribution in [3.05, 3.63) is 23.0 Å². The van der Waals surface area contributed by atoms with Crippen LogP contribution in [-0.4, -0.2) is 37.6 Å². The van der Waals surface area contributed by atoms with Gasteiger partial charge in [0.25, 0.3) is 0 Å². The van der Waals surface area contributed by atoms with E-state index in [9.17, 15) is 4.79 Å². The first-order valence-electron chi connectivity index (χ1n) is 8.47. The van der Waals surface area contributed by atoms with Crippen LogP contribution in [0.4, 0.5) is 0 Å². The van der Waals surface area contributed by atoms with Crippen molar-refractivity contribution in [1.82, 2.24) is 5.32 Å². The number of hydrogen-bond acceptors (Lipinski definition) is 6. The van der Waals surface area contributed by atoms with Gasteiger partial charge < -0.3 is 22.5 Å². The molecule has 7 heteroatoms. The zero-order chi connectivity index (χ0) is 19.1. The molecule has 0 aromatic carbocycles. The molecule has 0 atom stereocenters. The van der Waals surface area contributed by atoms with Gasteiger partial charge in [0.1, 0.15) is 11.5 Å². The smallest absolute Gasteiger partial charge is 0.247 e. The monoisotopic (exact) mass is 346 g/mol. The number of rotatable bonds is 5. The van der Waals surface area contributed by atoms with Crippen LogP contribution in [0.3, 0.4) is 0 Å². The second-order valence-electron chi connectivity index (χ2n) is 5.28. The van der Waals surface area contributed by atoms with Gasteiger partial charge >= 0.3 is 0 Å². The Hall–Kier alpha value is -2.59. The number of aliphatic imine (C=N–C) groups is 2. The number of allylic oxidation sites excluding steroid dienone is 2. The zero-order valence-electron chi connectivity index (χ0n) is 15.4. The van der Waals surface area contributed by atoms with Crippen LogP contribution in [0, 0.1) is 11.8 Å². The molecule has 0 aromatic rings. The fraction of sp³-hybridized carbons (Fsp3) is 0.500. The van der Waals surface area contributed by atoms with Crippen LogP contribution in [0.25, 0.3) is 0 Å². The lowest BCUT2D eigenvalue weighted by atomic mass is 10.1. The Morgan fingerprint density at radius 2 is 2.04 bits per heavy atom. The SMILES string of the molecule is CCC.CCCNC(=O)C1=CC(N)=C(C=NCC#CCN)N=C(N)C1. The molecule has 7 N–H and O–H groups in total. The number of nitrogens with two attached hydrogens (primary N) is 3. The second-order valence-corrected chi connectivity index (χ2v) is 5.28. The fourth-order valence-corrected chi connectivity index (χ4v) is 1.67. The van der Waals surface area contributed by atoms with Gasteiger partial charge in [0.15, 0.2) is 0 Å². The first kappa shape index (κ1) is 22.4. The first-order chi connectivity index (χ1) is 12.0. The first-order valence-corrected chi connectivity index (χ1v) is 8.47. The highest BCUT2D eigenvalue weighted by molar-refractivity contribution is 6.02. The van der Waals surface area contributed by atoms with Crippen LogP contribution in [-0.2, 0) is 4.79 Å². The Morgan fingerprint density at radius 3 is 2.64 bits per heavy atom. The Labute approximate surface area is 150 Å². The van der Waals surface area contributed by atoms with Crippen LogP contribution < -0.4 is 22.5 Å². The topological polar surface area (TPSA) is 132 Å². The number of amidine groups is 1. The van der Waals surface area contributed by atoms with Crippen molar-refractivity contribution < 1.29 is 4.79 Å². The van der Waals surface area contributed by atoms with Crippen LogP contribution in [0.1, 0.15) is 40.0 Å². The Morgan fingerprint density at radius 1 is 1.36 bits per heavy atom. The van der Waals surface area contributed by atoms with E-state index in [0.29, 0.717) is 42.4 Å². The van der Waals surface area contributed by atoms with Crippen LogP contribution in [0.5, 0.6) is 0 Å². The van der Waals surface area contributed by atoms with Gasteiger partial charge in [0, 0.05) is 18.5 Å². The molecule has 0 aromatic heterocycles. The minimum atomic E-state index is -0.185. The summed E-state index contributed by atoms with van der Waals surface area (Å²) >= 11 is 0. The quantitative estimate of drug-likeness (QED) is 0.433. The van der Waals surface area contributed by atoms with E-state index < -0.39 is 0 Å². The Balaban J connectivity index is 0.00000178. The van der Waals surface area contributed by atoms with Gasteiger partial charge in [-0.15, -0.1) is 0 Å². The van der Waals surface area contributed by atoms with Crippen molar-refractivity contribution in [2.24, 2.45) is 27.2 Å². The van der Waals surface area contributed by atoms with E-state index in [1.165, 1.54) is 12.6 Å². The van der Waals surface area contributed by atoms with Gasteiger partial charge in [-0.2, -0.15) is 0 Å². The lowest BCUT2D eigenvalue weighted by Crippen LogP contribution is -2.28. The predicted octanol–water partition coefficient (Wildman–Crippen LogP) is 0.819. The van der Waals surface area contributed by atoms with Crippen molar-refractivity contribution in [2.75, 3.05) is 19.6 Å². The average Bonchev–Trinajstić information content (AvgIpc) is 2.72. The summed E-state index contributed by atoms with van der Waals surface area (Å²) in [6.45, 7) is 7.43. The minimum Gasteiger partial charge on any atom is -0.397 e. The summed E-state index contributed by atoms with van der Waals surface area (Å²) in [5.41, 5.74) is 18.3. The molecular formula is C18H30N6O. The minimum absolute atomic E-state index is 0.185. The summed E-state index contributed by atoms with van der Waals surface area (Å²) in [5, 5.41) is 2.79. The highest BCUT2D eigenvalue weighted by Gasteiger charge is 2.15. The van der Waals surface area contributed by atoms with E-state index >= 15 is 0 Å². The Bertz CT molecular complexity index is 605. The predicted molar refractivity (Wildman–Crippen MR) is 105 cm³/mol. The number of nitrogens with zero attached hydrogens (tertiary/aromatic N) is 2. The summed E-state index contributed by atoms with van der Waals surface area (Å²) in [6.07, 6.45) is 5.44. The van der Waals surface area contributed by atoms with E-state index in [1.54, 1.807) is 6.08 Å². The maximum Gasteiger partial charge on any atom is 0.247 e. The molecule has 1 heterocycles. The molecule has 0 fully saturated rings. The molecule has 0 radical (unpaired) electrons. The van der Waals surface area contributed by atoms with Gasteiger partial charge in [-0.05, 0) is 12.5 Å². The molecule has 0 saturated carbocycles. The molecule has 7 nitrogen and oxygen atoms in total. The van der Waals surface area contributed by atoms with E-state index in [-0.39, 0.29) is 12.3 Å². The fourth-order valence-electron chi connectivity index (χ4n) is 1.67. The molecule has 0 bridgehead atoms. The molecule has 138 valence electrons. The average molecular weight is 346 g/mol. The Kier molecular flexibility index (Phi) is 12.4. The highest BCUT2D eigenvalue weighted by atomic mass is 16.1. The standard InChI is InChI=1S/C15H22N6O.C3H8/c1-2-6-20-15(22)11-8-12(17)13(21-14(18)9-11)10-19-7-4-3-5-16;1-3-2/h8,10H,2,5-7,9,16-17H2,1H3,(H2,18,21)(H,20,22);3H2,1-2H3. The summed E-state index contributed by atoms with van der Waals surface area (Å²) in [6, 6.07) is 0. The van der Waals surface area contributed by atoms with E-state index in [1.807, 2.05) is 6.92 Å². The van der Waals surface area contributed by atoms with Crippen molar-refractivity contribution in [3.63, 3.8) is 0 Å². The van der Waals surface area contributed by atoms with Crippen molar-refractivity contribution in [2.45, 2.75) is 40.0 Å². The van der Waals surface area contributed by atoms with Gasteiger partial charge in [-0.1, -0.05) is 39.0 Å². The molecule has 1 amide bonds. The zero-order valence-corrected chi connectivity index (χ0v) is 15.4. The number of carbonyl (C=O) groups is 1. The van der Waals surface area contributed by atoms with Crippen molar-refractivity contribution in [1.29, 1.82) is 0 Å².